The normalized spacial score (nSPS) is 22.5. The molecule has 1 unspecified atom stereocenters. The molecule has 1 aliphatic heterocycles. The maximum Gasteiger partial charge on any atom is 0.346 e. The smallest absolute Gasteiger partial charge is 0.346 e. The standard InChI is InChI=1S/C16H23N3O/c1-4-16(10-13-8-6-5-7-9-13)14(17)18-15(20)19(16)11-12(2)3/h5-9,12H,4,10-11H2,1-3H3,(H2,17,18,20). The number of urea groups is 1. The van der Waals surface area contributed by atoms with Gasteiger partial charge in [-0.3, -0.25) is 0 Å². The Hall–Kier alpha value is -1.84. The van der Waals surface area contributed by atoms with E-state index in [1.807, 2.05) is 23.1 Å². The molecule has 20 heavy (non-hydrogen) atoms. The highest BCUT2D eigenvalue weighted by Crippen LogP contribution is 2.31. The molecule has 2 rings (SSSR count). The molecular weight excluding hydrogens is 250 g/mol. The summed E-state index contributed by atoms with van der Waals surface area (Å²) in [6.45, 7) is 6.95. The second kappa shape index (κ2) is 5.65. The van der Waals surface area contributed by atoms with Crippen molar-refractivity contribution in [1.82, 2.24) is 4.90 Å². The molecule has 0 aliphatic carbocycles. The second-order valence-electron chi connectivity index (χ2n) is 5.83. The Labute approximate surface area is 120 Å². The molecule has 1 aliphatic rings. The van der Waals surface area contributed by atoms with Crippen LogP contribution in [0.5, 0.6) is 0 Å². The number of carbonyl (C=O) groups is 1. The van der Waals surface area contributed by atoms with Crippen molar-refractivity contribution in [2.75, 3.05) is 6.54 Å². The Kier molecular flexibility index (Phi) is 4.12. The van der Waals surface area contributed by atoms with Gasteiger partial charge in [0, 0.05) is 13.0 Å². The Morgan fingerprint density at radius 2 is 1.95 bits per heavy atom. The number of carbonyl (C=O) groups excluding carboxylic acids is 1. The van der Waals surface area contributed by atoms with Gasteiger partial charge in [0.1, 0.15) is 11.4 Å². The maximum absolute atomic E-state index is 12.1. The van der Waals surface area contributed by atoms with Crippen LogP contribution in [0.4, 0.5) is 4.79 Å². The molecule has 4 heteroatoms. The first-order valence-corrected chi connectivity index (χ1v) is 7.19. The number of benzene rings is 1. The highest BCUT2D eigenvalue weighted by Gasteiger charge is 2.47. The van der Waals surface area contributed by atoms with Crippen molar-refractivity contribution in [3.8, 4) is 0 Å². The highest BCUT2D eigenvalue weighted by atomic mass is 16.2. The topological polar surface area (TPSA) is 58.7 Å². The van der Waals surface area contributed by atoms with Crippen LogP contribution in [0.15, 0.2) is 35.3 Å². The molecule has 0 radical (unpaired) electrons. The molecule has 0 spiro atoms. The average molecular weight is 273 g/mol. The predicted molar refractivity (Wildman–Crippen MR) is 81.7 cm³/mol. The van der Waals surface area contributed by atoms with Gasteiger partial charge in [-0.1, -0.05) is 51.1 Å². The third-order valence-electron chi connectivity index (χ3n) is 3.91. The number of hydrogen-bond acceptors (Lipinski definition) is 2. The van der Waals surface area contributed by atoms with E-state index >= 15 is 0 Å². The van der Waals surface area contributed by atoms with Crippen molar-refractivity contribution < 1.29 is 4.79 Å². The molecule has 0 bridgehead atoms. The molecule has 1 aromatic carbocycles. The quantitative estimate of drug-likeness (QED) is 0.896. The van der Waals surface area contributed by atoms with Crippen molar-refractivity contribution in [2.45, 2.75) is 39.2 Å². The zero-order valence-corrected chi connectivity index (χ0v) is 12.5. The lowest BCUT2D eigenvalue weighted by Crippen LogP contribution is -2.56. The second-order valence-corrected chi connectivity index (χ2v) is 5.83. The van der Waals surface area contributed by atoms with E-state index in [9.17, 15) is 4.79 Å². The molecule has 2 N–H and O–H groups in total. The van der Waals surface area contributed by atoms with Crippen LogP contribution in [-0.4, -0.2) is 28.9 Å². The first kappa shape index (κ1) is 14.6. The van der Waals surface area contributed by atoms with Gasteiger partial charge in [-0.15, -0.1) is 0 Å². The Morgan fingerprint density at radius 3 is 2.50 bits per heavy atom. The summed E-state index contributed by atoms with van der Waals surface area (Å²) in [5, 5.41) is 0. The predicted octanol–water partition coefficient (Wildman–Crippen LogP) is 2.83. The molecule has 0 saturated heterocycles. The van der Waals surface area contributed by atoms with E-state index in [2.05, 4.69) is 37.9 Å². The van der Waals surface area contributed by atoms with Crippen LogP contribution in [-0.2, 0) is 6.42 Å². The molecule has 1 aromatic rings. The molecule has 0 fully saturated rings. The Bertz CT molecular complexity index is 510. The van der Waals surface area contributed by atoms with Crippen LogP contribution >= 0.6 is 0 Å². The van der Waals surface area contributed by atoms with E-state index in [-0.39, 0.29) is 6.03 Å². The van der Waals surface area contributed by atoms with Gasteiger partial charge < -0.3 is 10.6 Å². The summed E-state index contributed by atoms with van der Waals surface area (Å²) in [5.74, 6) is 0.844. The summed E-state index contributed by atoms with van der Waals surface area (Å²) in [4.78, 5) is 18.0. The summed E-state index contributed by atoms with van der Waals surface area (Å²) in [7, 11) is 0. The lowest BCUT2D eigenvalue weighted by molar-refractivity contribution is 0.156. The minimum Gasteiger partial charge on any atom is -0.385 e. The van der Waals surface area contributed by atoms with Crippen LogP contribution in [0.25, 0.3) is 0 Å². The van der Waals surface area contributed by atoms with Gasteiger partial charge in [0.2, 0.25) is 0 Å². The van der Waals surface area contributed by atoms with Crippen LogP contribution in [0.1, 0.15) is 32.8 Å². The van der Waals surface area contributed by atoms with Crippen LogP contribution in [0.2, 0.25) is 0 Å². The van der Waals surface area contributed by atoms with Crippen molar-refractivity contribution in [1.29, 1.82) is 0 Å². The monoisotopic (exact) mass is 273 g/mol. The summed E-state index contributed by atoms with van der Waals surface area (Å²) >= 11 is 0. The lowest BCUT2D eigenvalue weighted by atomic mass is 9.85. The summed E-state index contributed by atoms with van der Waals surface area (Å²) < 4.78 is 0. The fraction of sp³-hybridized carbons (Fsp3) is 0.500. The van der Waals surface area contributed by atoms with Gasteiger partial charge in [0.25, 0.3) is 0 Å². The van der Waals surface area contributed by atoms with Crippen molar-refractivity contribution in [3.05, 3.63) is 35.9 Å². The van der Waals surface area contributed by atoms with Gasteiger partial charge in [-0.25, -0.2) is 4.79 Å². The van der Waals surface area contributed by atoms with E-state index in [0.717, 1.165) is 12.8 Å². The van der Waals surface area contributed by atoms with Crippen molar-refractivity contribution in [2.24, 2.45) is 16.6 Å². The highest BCUT2D eigenvalue weighted by molar-refractivity contribution is 6.06. The van der Waals surface area contributed by atoms with Crippen molar-refractivity contribution in [3.63, 3.8) is 0 Å². The minimum atomic E-state index is -0.470. The number of aliphatic imine (C=N–C) groups is 1. The van der Waals surface area contributed by atoms with Gasteiger partial charge in [0.15, 0.2) is 0 Å². The number of amidine groups is 1. The van der Waals surface area contributed by atoms with E-state index in [0.29, 0.717) is 18.3 Å². The maximum atomic E-state index is 12.1. The largest absolute Gasteiger partial charge is 0.385 e. The van der Waals surface area contributed by atoms with Crippen molar-refractivity contribution >= 4 is 11.9 Å². The van der Waals surface area contributed by atoms with E-state index in [1.54, 1.807) is 0 Å². The third-order valence-corrected chi connectivity index (χ3v) is 3.91. The molecule has 1 heterocycles. The lowest BCUT2D eigenvalue weighted by Gasteiger charge is -2.38. The third kappa shape index (κ3) is 2.55. The average Bonchev–Trinajstić information content (AvgIpc) is 2.64. The van der Waals surface area contributed by atoms with Crippen LogP contribution in [0.3, 0.4) is 0 Å². The Morgan fingerprint density at radius 1 is 1.30 bits per heavy atom. The molecule has 1 atom stereocenters. The molecule has 0 aromatic heterocycles. The first-order valence-electron chi connectivity index (χ1n) is 7.19. The van der Waals surface area contributed by atoms with Crippen LogP contribution < -0.4 is 5.73 Å². The van der Waals surface area contributed by atoms with Crippen LogP contribution in [0, 0.1) is 5.92 Å². The van der Waals surface area contributed by atoms with Gasteiger partial charge in [-0.05, 0) is 17.9 Å². The number of nitrogens with zero attached hydrogens (tertiary/aromatic N) is 2. The molecule has 4 nitrogen and oxygen atoms in total. The SMILES string of the molecule is CCC1(Cc2ccccc2)C(N)=NC(=O)N1CC(C)C. The number of hydrogen-bond donors (Lipinski definition) is 1. The summed E-state index contributed by atoms with van der Waals surface area (Å²) in [5.41, 5.74) is 6.82. The fourth-order valence-corrected chi connectivity index (χ4v) is 2.82. The molecule has 0 saturated carbocycles. The zero-order chi connectivity index (χ0) is 14.8. The number of amides is 2. The van der Waals surface area contributed by atoms with E-state index in [4.69, 9.17) is 5.73 Å². The molecular formula is C16H23N3O. The van der Waals surface area contributed by atoms with Gasteiger partial charge in [0.05, 0.1) is 0 Å². The molecule has 2 amide bonds. The van der Waals surface area contributed by atoms with Gasteiger partial charge in [-0.2, -0.15) is 4.99 Å². The molecule has 108 valence electrons. The number of rotatable bonds is 5. The van der Waals surface area contributed by atoms with E-state index < -0.39 is 5.54 Å². The van der Waals surface area contributed by atoms with Gasteiger partial charge >= 0.3 is 6.03 Å². The van der Waals surface area contributed by atoms with E-state index in [1.165, 1.54) is 5.56 Å². The fourth-order valence-electron chi connectivity index (χ4n) is 2.82. The number of nitrogens with two attached hydrogens (primary N) is 1. The summed E-state index contributed by atoms with van der Waals surface area (Å²) in [6.07, 6.45) is 1.49. The Balaban J connectivity index is 2.34. The first-order chi connectivity index (χ1) is 9.49. The minimum absolute atomic E-state index is 0.200. The summed E-state index contributed by atoms with van der Waals surface area (Å²) in [6, 6.07) is 9.95. The zero-order valence-electron chi connectivity index (χ0n) is 12.5.